The standard InChI is InChI=1S/C14H30N2/c1-5-13(4)15-10-14-8-6-7-9-16(14)11-12(2)3/h12-15H,5-11H2,1-4H3. The van der Waals surface area contributed by atoms with Gasteiger partial charge in [-0.3, -0.25) is 4.90 Å². The Labute approximate surface area is 102 Å². The molecule has 1 N–H and O–H groups in total. The van der Waals surface area contributed by atoms with Crippen LogP contribution in [0.2, 0.25) is 0 Å². The molecule has 0 aromatic carbocycles. The summed E-state index contributed by atoms with van der Waals surface area (Å²) in [6.45, 7) is 13.0. The molecular weight excluding hydrogens is 196 g/mol. The summed E-state index contributed by atoms with van der Waals surface area (Å²) in [5, 5.41) is 3.66. The number of likely N-dealkylation sites (tertiary alicyclic amines) is 1. The van der Waals surface area contributed by atoms with E-state index in [1.54, 1.807) is 0 Å². The van der Waals surface area contributed by atoms with E-state index in [4.69, 9.17) is 0 Å². The average Bonchev–Trinajstić information content (AvgIpc) is 2.26. The van der Waals surface area contributed by atoms with Crippen molar-refractivity contribution in [3.8, 4) is 0 Å². The van der Waals surface area contributed by atoms with Gasteiger partial charge in [0.15, 0.2) is 0 Å². The normalized spacial score (nSPS) is 24.9. The number of hydrogen-bond donors (Lipinski definition) is 1. The Bertz CT molecular complexity index is 180. The molecule has 2 unspecified atom stereocenters. The minimum absolute atomic E-state index is 0.669. The Hall–Kier alpha value is -0.0800. The lowest BCUT2D eigenvalue weighted by molar-refractivity contribution is 0.127. The lowest BCUT2D eigenvalue weighted by Crippen LogP contribution is -2.48. The summed E-state index contributed by atoms with van der Waals surface area (Å²) in [6.07, 6.45) is 5.43. The van der Waals surface area contributed by atoms with Gasteiger partial charge in [0, 0.05) is 25.2 Å². The van der Waals surface area contributed by atoms with Crippen LogP contribution < -0.4 is 5.32 Å². The van der Waals surface area contributed by atoms with Gasteiger partial charge in [0.05, 0.1) is 0 Å². The van der Waals surface area contributed by atoms with Crippen molar-refractivity contribution in [3.63, 3.8) is 0 Å². The highest BCUT2D eigenvalue weighted by Crippen LogP contribution is 2.17. The summed E-state index contributed by atoms with van der Waals surface area (Å²) in [4.78, 5) is 2.70. The van der Waals surface area contributed by atoms with Gasteiger partial charge >= 0.3 is 0 Å². The first kappa shape index (κ1) is 14.0. The van der Waals surface area contributed by atoms with E-state index in [0.29, 0.717) is 6.04 Å². The summed E-state index contributed by atoms with van der Waals surface area (Å²) in [6, 6.07) is 1.45. The van der Waals surface area contributed by atoms with Gasteiger partial charge in [-0.1, -0.05) is 27.2 Å². The predicted octanol–water partition coefficient (Wildman–Crippen LogP) is 2.89. The van der Waals surface area contributed by atoms with E-state index >= 15 is 0 Å². The fraction of sp³-hybridized carbons (Fsp3) is 1.00. The number of nitrogens with zero attached hydrogens (tertiary/aromatic N) is 1. The molecule has 0 aromatic heterocycles. The molecule has 0 bridgehead atoms. The predicted molar refractivity (Wildman–Crippen MR) is 71.8 cm³/mol. The average molecular weight is 226 g/mol. The van der Waals surface area contributed by atoms with Crippen molar-refractivity contribution in [1.82, 2.24) is 10.2 Å². The number of nitrogens with one attached hydrogen (secondary N) is 1. The molecule has 0 aromatic rings. The second-order valence-corrected chi connectivity index (χ2v) is 5.76. The van der Waals surface area contributed by atoms with Gasteiger partial charge in [-0.15, -0.1) is 0 Å². The lowest BCUT2D eigenvalue weighted by Gasteiger charge is -2.37. The monoisotopic (exact) mass is 226 g/mol. The number of hydrogen-bond acceptors (Lipinski definition) is 2. The summed E-state index contributed by atoms with van der Waals surface area (Å²) >= 11 is 0. The van der Waals surface area contributed by atoms with Crippen LogP contribution in [0, 0.1) is 5.92 Å². The Balaban J connectivity index is 2.34. The van der Waals surface area contributed by atoms with Gasteiger partial charge in [-0.25, -0.2) is 0 Å². The third-order valence-corrected chi connectivity index (χ3v) is 3.66. The van der Waals surface area contributed by atoms with Crippen LogP contribution in [0.5, 0.6) is 0 Å². The van der Waals surface area contributed by atoms with E-state index in [1.807, 2.05) is 0 Å². The molecule has 2 heteroatoms. The van der Waals surface area contributed by atoms with Crippen LogP contribution in [-0.2, 0) is 0 Å². The Kier molecular flexibility index (Phi) is 6.37. The zero-order valence-electron chi connectivity index (χ0n) is 11.6. The van der Waals surface area contributed by atoms with Crippen LogP contribution in [-0.4, -0.2) is 36.6 Å². The molecular formula is C14H30N2. The van der Waals surface area contributed by atoms with Crippen LogP contribution in [0.1, 0.15) is 53.4 Å². The molecule has 2 nitrogen and oxygen atoms in total. The molecule has 0 saturated carbocycles. The second-order valence-electron chi connectivity index (χ2n) is 5.76. The van der Waals surface area contributed by atoms with Crippen molar-refractivity contribution in [2.45, 2.75) is 65.5 Å². The summed E-state index contributed by atoms with van der Waals surface area (Å²) in [5.74, 6) is 0.796. The molecule has 16 heavy (non-hydrogen) atoms. The molecule has 1 aliphatic rings. The SMILES string of the molecule is CCC(C)NCC1CCCCN1CC(C)C. The Morgan fingerprint density at radius 1 is 1.25 bits per heavy atom. The lowest BCUT2D eigenvalue weighted by atomic mass is 10.00. The van der Waals surface area contributed by atoms with E-state index in [-0.39, 0.29) is 0 Å². The first-order valence-electron chi connectivity index (χ1n) is 7.11. The second kappa shape index (κ2) is 7.29. The summed E-state index contributed by atoms with van der Waals surface area (Å²) in [7, 11) is 0. The van der Waals surface area contributed by atoms with Crippen LogP contribution in [0.25, 0.3) is 0 Å². The van der Waals surface area contributed by atoms with E-state index in [1.165, 1.54) is 45.3 Å². The summed E-state index contributed by atoms with van der Waals surface area (Å²) < 4.78 is 0. The van der Waals surface area contributed by atoms with Gasteiger partial charge in [0.1, 0.15) is 0 Å². The largest absolute Gasteiger partial charge is 0.313 e. The molecule has 0 amide bonds. The van der Waals surface area contributed by atoms with Crippen molar-refractivity contribution >= 4 is 0 Å². The van der Waals surface area contributed by atoms with Crippen LogP contribution >= 0.6 is 0 Å². The Morgan fingerprint density at radius 3 is 2.62 bits per heavy atom. The van der Waals surface area contributed by atoms with Gasteiger partial charge in [0.2, 0.25) is 0 Å². The van der Waals surface area contributed by atoms with Crippen molar-refractivity contribution in [3.05, 3.63) is 0 Å². The molecule has 1 heterocycles. The van der Waals surface area contributed by atoms with Gasteiger partial charge in [-0.05, 0) is 38.6 Å². The van der Waals surface area contributed by atoms with Crippen LogP contribution in [0.15, 0.2) is 0 Å². The van der Waals surface area contributed by atoms with E-state index in [9.17, 15) is 0 Å². The van der Waals surface area contributed by atoms with Gasteiger partial charge in [0.25, 0.3) is 0 Å². The molecule has 1 saturated heterocycles. The minimum atomic E-state index is 0.669. The van der Waals surface area contributed by atoms with Gasteiger partial charge in [-0.2, -0.15) is 0 Å². The maximum atomic E-state index is 3.66. The maximum Gasteiger partial charge on any atom is 0.0220 e. The highest BCUT2D eigenvalue weighted by atomic mass is 15.2. The van der Waals surface area contributed by atoms with E-state index < -0.39 is 0 Å². The zero-order chi connectivity index (χ0) is 12.0. The van der Waals surface area contributed by atoms with Crippen molar-refractivity contribution < 1.29 is 0 Å². The molecule has 1 fully saturated rings. The molecule has 96 valence electrons. The fourth-order valence-corrected chi connectivity index (χ4v) is 2.48. The molecule has 1 aliphatic heterocycles. The van der Waals surface area contributed by atoms with E-state index in [0.717, 1.165) is 12.0 Å². The highest BCUT2D eigenvalue weighted by Gasteiger charge is 2.22. The van der Waals surface area contributed by atoms with Crippen LogP contribution in [0.3, 0.4) is 0 Å². The van der Waals surface area contributed by atoms with Crippen molar-refractivity contribution in [1.29, 1.82) is 0 Å². The molecule has 0 radical (unpaired) electrons. The third-order valence-electron chi connectivity index (χ3n) is 3.66. The molecule has 1 rings (SSSR count). The summed E-state index contributed by atoms with van der Waals surface area (Å²) in [5.41, 5.74) is 0. The topological polar surface area (TPSA) is 15.3 Å². The van der Waals surface area contributed by atoms with Gasteiger partial charge < -0.3 is 5.32 Å². The van der Waals surface area contributed by atoms with Crippen molar-refractivity contribution in [2.75, 3.05) is 19.6 Å². The molecule has 0 aliphatic carbocycles. The maximum absolute atomic E-state index is 3.66. The molecule has 2 atom stereocenters. The van der Waals surface area contributed by atoms with Crippen LogP contribution in [0.4, 0.5) is 0 Å². The molecule has 0 spiro atoms. The quantitative estimate of drug-likeness (QED) is 0.749. The third kappa shape index (κ3) is 4.84. The van der Waals surface area contributed by atoms with E-state index in [2.05, 4.69) is 37.9 Å². The Morgan fingerprint density at radius 2 is 2.00 bits per heavy atom. The number of piperidine rings is 1. The highest BCUT2D eigenvalue weighted by molar-refractivity contribution is 4.80. The van der Waals surface area contributed by atoms with Crippen molar-refractivity contribution in [2.24, 2.45) is 5.92 Å². The first-order chi connectivity index (χ1) is 7.63. The zero-order valence-corrected chi connectivity index (χ0v) is 11.6. The first-order valence-corrected chi connectivity index (χ1v) is 7.11. The smallest absolute Gasteiger partial charge is 0.0220 e. The number of rotatable bonds is 6. The minimum Gasteiger partial charge on any atom is -0.313 e. The fourth-order valence-electron chi connectivity index (χ4n) is 2.48.